The number of alkyl halides is 3. The monoisotopic (exact) mass is 364 g/mol. The van der Waals surface area contributed by atoms with Crippen LogP contribution in [0.1, 0.15) is 10.4 Å². The second-order valence-corrected chi connectivity index (χ2v) is 6.27. The first-order valence-corrected chi connectivity index (χ1v) is 7.35. The molecule has 0 unspecified atom stereocenters. The fourth-order valence-electron chi connectivity index (χ4n) is 1.83. The van der Waals surface area contributed by atoms with Crippen LogP contribution in [0.4, 0.5) is 24.5 Å². The third-order valence-electron chi connectivity index (χ3n) is 2.78. The molecule has 0 bridgehead atoms. The Morgan fingerprint density at radius 3 is 2.50 bits per heavy atom. The molecule has 0 amide bonds. The number of hydrogen-bond acceptors (Lipinski definition) is 3. The first-order valence-electron chi connectivity index (χ1n) is 5.68. The molecular weight excluding hydrogens is 353 g/mol. The van der Waals surface area contributed by atoms with E-state index in [4.69, 9.17) is 5.73 Å². The topological polar surface area (TPSA) is 29.3 Å². The van der Waals surface area contributed by atoms with Crippen molar-refractivity contribution in [1.82, 2.24) is 0 Å². The van der Waals surface area contributed by atoms with Crippen LogP contribution < -0.4 is 10.6 Å². The van der Waals surface area contributed by atoms with Gasteiger partial charge < -0.3 is 10.6 Å². The Bertz CT molecular complexity index is 610. The van der Waals surface area contributed by atoms with Crippen molar-refractivity contribution >= 4 is 38.6 Å². The Labute approximate surface area is 127 Å². The molecule has 0 spiro atoms. The SMILES string of the molecule is CN(Cc1cc(Br)cs1)c1ccc(C(F)(F)F)cc1N. The molecule has 2 N–H and O–H groups in total. The van der Waals surface area contributed by atoms with Gasteiger partial charge in [-0.25, -0.2) is 0 Å². The number of benzene rings is 1. The minimum absolute atomic E-state index is 0.123. The lowest BCUT2D eigenvalue weighted by Crippen LogP contribution is -2.17. The number of thiophene rings is 1. The molecule has 0 atom stereocenters. The summed E-state index contributed by atoms with van der Waals surface area (Å²) >= 11 is 4.94. The second-order valence-electron chi connectivity index (χ2n) is 4.36. The molecule has 0 radical (unpaired) electrons. The normalized spacial score (nSPS) is 11.7. The van der Waals surface area contributed by atoms with E-state index in [0.29, 0.717) is 12.2 Å². The summed E-state index contributed by atoms with van der Waals surface area (Å²) in [5.74, 6) is 0. The van der Waals surface area contributed by atoms with Crippen LogP contribution in [0.5, 0.6) is 0 Å². The van der Waals surface area contributed by atoms with Gasteiger partial charge in [0.2, 0.25) is 0 Å². The van der Waals surface area contributed by atoms with Crippen molar-refractivity contribution in [3.63, 3.8) is 0 Å². The van der Waals surface area contributed by atoms with Crippen LogP contribution in [-0.4, -0.2) is 7.05 Å². The molecule has 2 rings (SSSR count). The molecule has 7 heteroatoms. The number of halogens is 4. The largest absolute Gasteiger partial charge is 0.416 e. The summed E-state index contributed by atoms with van der Waals surface area (Å²) in [4.78, 5) is 2.92. The number of anilines is 2. The van der Waals surface area contributed by atoms with Gasteiger partial charge in [-0.3, -0.25) is 0 Å². The highest BCUT2D eigenvalue weighted by molar-refractivity contribution is 9.10. The van der Waals surface area contributed by atoms with Gasteiger partial charge in [0.05, 0.1) is 23.5 Å². The maximum Gasteiger partial charge on any atom is 0.416 e. The fraction of sp³-hybridized carbons (Fsp3) is 0.231. The van der Waals surface area contributed by atoms with Gasteiger partial charge in [0.1, 0.15) is 0 Å². The zero-order valence-corrected chi connectivity index (χ0v) is 12.9. The van der Waals surface area contributed by atoms with E-state index in [1.807, 2.05) is 16.3 Å². The van der Waals surface area contributed by atoms with Crippen molar-refractivity contribution in [1.29, 1.82) is 0 Å². The first kappa shape index (κ1) is 15.2. The maximum absolute atomic E-state index is 12.6. The number of hydrogen-bond donors (Lipinski definition) is 1. The highest BCUT2D eigenvalue weighted by Crippen LogP contribution is 2.34. The van der Waals surface area contributed by atoms with Crippen LogP contribution in [0, 0.1) is 0 Å². The van der Waals surface area contributed by atoms with E-state index >= 15 is 0 Å². The molecule has 20 heavy (non-hydrogen) atoms. The Kier molecular flexibility index (Phi) is 4.29. The van der Waals surface area contributed by atoms with E-state index < -0.39 is 11.7 Å². The zero-order valence-electron chi connectivity index (χ0n) is 10.5. The Balaban J connectivity index is 2.20. The minimum atomic E-state index is -4.37. The van der Waals surface area contributed by atoms with Crippen molar-refractivity contribution in [2.45, 2.75) is 12.7 Å². The van der Waals surface area contributed by atoms with Crippen LogP contribution in [0.25, 0.3) is 0 Å². The van der Waals surface area contributed by atoms with Crippen molar-refractivity contribution in [3.8, 4) is 0 Å². The fourth-order valence-corrected chi connectivity index (χ4v) is 3.34. The Hall–Kier alpha value is -1.21. The first-order chi connectivity index (χ1) is 9.27. The molecule has 0 saturated carbocycles. The molecule has 0 aliphatic heterocycles. The van der Waals surface area contributed by atoms with E-state index in [0.717, 1.165) is 21.5 Å². The molecule has 1 aromatic carbocycles. The summed E-state index contributed by atoms with van der Waals surface area (Å²) in [6.07, 6.45) is -4.37. The smallest absolute Gasteiger partial charge is 0.397 e. The van der Waals surface area contributed by atoms with E-state index in [1.54, 1.807) is 18.4 Å². The third-order valence-corrected chi connectivity index (χ3v) is 4.46. The summed E-state index contributed by atoms with van der Waals surface area (Å²) in [5, 5.41) is 1.96. The number of nitrogens with two attached hydrogens (primary N) is 1. The lowest BCUT2D eigenvalue weighted by Gasteiger charge is -2.21. The third kappa shape index (κ3) is 3.46. The molecule has 0 aliphatic rings. The van der Waals surface area contributed by atoms with E-state index in [9.17, 15) is 13.2 Å². The highest BCUT2D eigenvalue weighted by Gasteiger charge is 2.31. The number of rotatable bonds is 3. The minimum Gasteiger partial charge on any atom is -0.397 e. The van der Waals surface area contributed by atoms with Gasteiger partial charge in [0.25, 0.3) is 0 Å². The van der Waals surface area contributed by atoms with Crippen molar-refractivity contribution in [3.05, 3.63) is 44.6 Å². The average molecular weight is 365 g/mol. The van der Waals surface area contributed by atoms with Gasteiger partial charge in [-0.2, -0.15) is 13.2 Å². The quantitative estimate of drug-likeness (QED) is 0.796. The van der Waals surface area contributed by atoms with Gasteiger partial charge in [0, 0.05) is 21.8 Å². The summed E-state index contributed by atoms with van der Waals surface area (Å²) in [5.41, 5.74) is 5.71. The lowest BCUT2D eigenvalue weighted by molar-refractivity contribution is -0.137. The summed E-state index contributed by atoms with van der Waals surface area (Å²) < 4.78 is 38.7. The summed E-state index contributed by atoms with van der Waals surface area (Å²) in [7, 11) is 1.80. The van der Waals surface area contributed by atoms with Crippen LogP contribution in [-0.2, 0) is 12.7 Å². The molecule has 0 fully saturated rings. The Morgan fingerprint density at radius 2 is 2.00 bits per heavy atom. The summed E-state index contributed by atoms with van der Waals surface area (Å²) in [6, 6.07) is 5.39. The predicted molar refractivity (Wildman–Crippen MR) is 80.0 cm³/mol. The predicted octanol–water partition coefficient (Wildman–Crippen LogP) is 4.75. The average Bonchev–Trinajstić information content (AvgIpc) is 2.73. The van der Waals surface area contributed by atoms with Gasteiger partial charge in [0.15, 0.2) is 0 Å². The van der Waals surface area contributed by atoms with E-state index in [2.05, 4.69) is 15.9 Å². The number of nitrogens with zero attached hydrogens (tertiary/aromatic N) is 1. The van der Waals surface area contributed by atoms with Gasteiger partial charge >= 0.3 is 6.18 Å². The molecule has 1 aromatic heterocycles. The molecule has 2 nitrogen and oxygen atoms in total. The summed E-state index contributed by atoms with van der Waals surface area (Å²) in [6.45, 7) is 0.589. The van der Waals surface area contributed by atoms with Crippen LogP contribution in [0.15, 0.2) is 34.1 Å². The van der Waals surface area contributed by atoms with Gasteiger partial charge in [-0.05, 0) is 40.2 Å². The van der Waals surface area contributed by atoms with Crippen molar-refractivity contribution in [2.75, 3.05) is 17.7 Å². The highest BCUT2D eigenvalue weighted by atomic mass is 79.9. The molecule has 1 heterocycles. The van der Waals surface area contributed by atoms with E-state index in [-0.39, 0.29) is 5.69 Å². The maximum atomic E-state index is 12.6. The van der Waals surface area contributed by atoms with Crippen LogP contribution in [0.2, 0.25) is 0 Å². The zero-order chi connectivity index (χ0) is 14.9. The Morgan fingerprint density at radius 1 is 1.30 bits per heavy atom. The lowest BCUT2D eigenvalue weighted by atomic mass is 10.1. The van der Waals surface area contributed by atoms with Crippen molar-refractivity contribution < 1.29 is 13.2 Å². The molecule has 2 aromatic rings. The van der Waals surface area contributed by atoms with Gasteiger partial charge in [-0.1, -0.05) is 0 Å². The number of nitrogen functional groups attached to an aromatic ring is 1. The molecular formula is C13H12BrF3N2S. The molecule has 0 saturated heterocycles. The molecule has 108 valence electrons. The molecule has 0 aliphatic carbocycles. The van der Waals surface area contributed by atoms with Crippen molar-refractivity contribution in [2.24, 2.45) is 0 Å². The van der Waals surface area contributed by atoms with E-state index in [1.165, 1.54) is 6.07 Å². The second kappa shape index (κ2) is 5.65. The standard InChI is InChI=1S/C13H12BrF3N2S/c1-19(6-10-5-9(14)7-20-10)12-3-2-8(4-11(12)18)13(15,16)17/h2-5,7H,6,18H2,1H3. The van der Waals surface area contributed by atoms with Crippen LogP contribution in [0.3, 0.4) is 0 Å². The van der Waals surface area contributed by atoms with Crippen LogP contribution >= 0.6 is 27.3 Å². The van der Waals surface area contributed by atoms with Gasteiger partial charge in [-0.15, -0.1) is 11.3 Å².